The molecule has 1 aliphatic rings. The Morgan fingerprint density at radius 3 is 1.38 bits per heavy atom. The Bertz CT molecular complexity index is 403. The van der Waals surface area contributed by atoms with Crippen molar-refractivity contribution >= 4 is 8.32 Å². The molecule has 0 aromatic carbocycles. The minimum atomic E-state index is -1.41. The summed E-state index contributed by atoms with van der Waals surface area (Å²) in [5, 5.41) is 0. The van der Waals surface area contributed by atoms with Crippen molar-refractivity contribution < 1.29 is 4.43 Å². The van der Waals surface area contributed by atoms with E-state index in [4.69, 9.17) is 4.43 Å². The van der Waals surface area contributed by atoms with Crippen molar-refractivity contribution in [2.75, 3.05) is 0 Å². The van der Waals surface area contributed by atoms with Gasteiger partial charge < -0.3 is 4.43 Å². The molecule has 1 rings (SSSR count). The first-order chi connectivity index (χ1) is 13.7. The quantitative estimate of drug-likeness (QED) is 0.167. The summed E-state index contributed by atoms with van der Waals surface area (Å²) in [6.07, 6.45) is 25.9. The summed E-state index contributed by atoms with van der Waals surface area (Å²) in [7, 11) is -1.41. The lowest BCUT2D eigenvalue weighted by molar-refractivity contribution is -0.0566. The fourth-order valence-corrected chi connectivity index (χ4v) is 8.12. The molecule has 0 aromatic rings. The molecule has 0 N–H and O–H groups in total. The second-order valence-corrected chi connectivity index (χ2v) is 15.7. The molecule has 1 atom stereocenters. The van der Waals surface area contributed by atoms with E-state index in [1.165, 1.54) is 122 Å². The first kappa shape index (κ1) is 27.2. The van der Waals surface area contributed by atoms with Crippen LogP contribution in [0.3, 0.4) is 0 Å². The third kappa shape index (κ3) is 11.4. The highest BCUT2D eigenvalue weighted by molar-refractivity contribution is 6.71. The van der Waals surface area contributed by atoms with Crippen LogP contribution in [0.25, 0.3) is 0 Å². The van der Waals surface area contributed by atoms with E-state index in [0.717, 1.165) is 0 Å². The zero-order valence-electron chi connectivity index (χ0n) is 21.3. The molecule has 29 heavy (non-hydrogen) atoms. The minimum Gasteiger partial charge on any atom is -0.412 e. The third-order valence-electron chi connectivity index (χ3n) is 7.85. The molecule has 174 valence electrons. The van der Waals surface area contributed by atoms with E-state index >= 15 is 0 Å². The van der Waals surface area contributed by atoms with Crippen LogP contribution in [0.5, 0.6) is 0 Å². The molecule has 0 aromatic heterocycles. The van der Waals surface area contributed by atoms with Crippen LogP contribution in [0.4, 0.5) is 0 Å². The van der Waals surface area contributed by atoms with Gasteiger partial charge in [-0.15, -0.1) is 0 Å². The second-order valence-electron chi connectivity index (χ2n) is 11.5. The Balaban J connectivity index is 1.91. The normalized spacial score (nSPS) is 23.4. The highest BCUT2D eigenvalue weighted by atomic mass is 28.4. The molecule has 0 radical (unpaired) electrons. The Kier molecular flexibility index (Phi) is 13.4. The predicted octanol–water partition coefficient (Wildman–Crippen LogP) is 10.0. The molecule has 0 aliphatic carbocycles. The lowest BCUT2D eigenvalue weighted by Gasteiger charge is -2.53. The maximum Gasteiger partial charge on any atom is 0.187 e. The van der Waals surface area contributed by atoms with Crippen molar-refractivity contribution in [3.8, 4) is 0 Å². The smallest absolute Gasteiger partial charge is 0.187 e. The van der Waals surface area contributed by atoms with Gasteiger partial charge in [0.15, 0.2) is 8.32 Å². The van der Waals surface area contributed by atoms with E-state index in [-0.39, 0.29) is 5.60 Å². The van der Waals surface area contributed by atoms with E-state index in [0.29, 0.717) is 5.41 Å². The van der Waals surface area contributed by atoms with Crippen molar-refractivity contribution in [3.63, 3.8) is 0 Å². The van der Waals surface area contributed by atoms with Gasteiger partial charge in [-0.05, 0) is 51.2 Å². The molecule has 0 bridgehead atoms. The van der Waals surface area contributed by atoms with Gasteiger partial charge in [0.2, 0.25) is 0 Å². The van der Waals surface area contributed by atoms with E-state index in [9.17, 15) is 0 Å². The largest absolute Gasteiger partial charge is 0.412 e. The Labute approximate surface area is 186 Å². The van der Waals surface area contributed by atoms with Crippen LogP contribution in [0.2, 0.25) is 19.1 Å². The van der Waals surface area contributed by atoms with Crippen LogP contribution in [0, 0.1) is 5.41 Å². The lowest BCUT2D eigenvalue weighted by Crippen LogP contribution is -2.55. The molecule has 1 fully saturated rings. The van der Waals surface area contributed by atoms with Crippen molar-refractivity contribution in [3.05, 3.63) is 0 Å². The highest BCUT2D eigenvalue weighted by Gasteiger charge is 2.49. The standard InChI is InChI=1S/C27H56OSi/c1-7-8-9-10-11-12-13-14-15-16-17-18-19-20-21-22-23-27(4)24-25-29(5,6)28-26(27,2)3/h7-25H2,1-6H3. The maximum absolute atomic E-state index is 6.60. The van der Waals surface area contributed by atoms with Crippen LogP contribution >= 0.6 is 0 Å². The fraction of sp³-hybridized carbons (Fsp3) is 1.00. The van der Waals surface area contributed by atoms with Crippen molar-refractivity contribution in [2.24, 2.45) is 5.41 Å². The van der Waals surface area contributed by atoms with Gasteiger partial charge in [-0.2, -0.15) is 0 Å². The van der Waals surface area contributed by atoms with Gasteiger partial charge in [0.25, 0.3) is 0 Å². The highest BCUT2D eigenvalue weighted by Crippen LogP contribution is 2.49. The summed E-state index contributed by atoms with van der Waals surface area (Å²) < 4.78 is 6.60. The van der Waals surface area contributed by atoms with E-state index in [2.05, 4.69) is 40.8 Å². The van der Waals surface area contributed by atoms with Crippen LogP contribution < -0.4 is 0 Å². The van der Waals surface area contributed by atoms with Gasteiger partial charge >= 0.3 is 0 Å². The summed E-state index contributed by atoms with van der Waals surface area (Å²) in [5.41, 5.74) is 0.446. The summed E-state index contributed by atoms with van der Waals surface area (Å²) in [5.74, 6) is 0. The van der Waals surface area contributed by atoms with Gasteiger partial charge in [-0.25, -0.2) is 0 Å². The van der Waals surface area contributed by atoms with Crippen LogP contribution in [0.15, 0.2) is 0 Å². The van der Waals surface area contributed by atoms with Gasteiger partial charge in [-0.1, -0.05) is 117 Å². The molecule has 1 aliphatic heterocycles. The number of hydrogen-bond acceptors (Lipinski definition) is 1. The Morgan fingerprint density at radius 2 is 1.00 bits per heavy atom. The summed E-state index contributed by atoms with van der Waals surface area (Å²) in [4.78, 5) is 0. The van der Waals surface area contributed by atoms with Gasteiger partial charge in [0.1, 0.15) is 0 Å². The zero-order chi connectivity index (χ0) is 21.6. The average Bonchev–Trinajstić information content (AvgIpc) is 2.64. The number of unbranched alkanes of at least 4 members (excludes halogenated alkanes) is 15. The molecular formula is C27H56OSi. The van der Waals surface area contributed by atoms with Gasteiger partial charge in [0, 0.05) is 0 Å². The summed E-state index contributed by atoms with van der Waals surface area (Å²) >= 11 is 0. The van der Waals surface area contributed by atoms with Crippen LogP contribution in [0.1, 0.15) is 143 Å². The lowest BCUT2D eigenvalue weighted by atomic mass is 9.70. The molecule has 0 saturated carbocycles. The van der Waals surface area contributed by atoms with E-state index < -0.39 is 8.32 Å². The first-order valence-corrected chi connectivity index (χ1v) is 16.5. The van der Waals surface area contributed by atoms with E-state index in [1.54, 1.807) is 0 Å². The van der Waals surface area contributed by atoms with E-state index in [1.807, 2.05) is 0 Å². The average molecular weight is 425 g/mol. The monoisotopic (exact) mass is 424 g/mol. The topological polar surface area (TPSA) is 9.23 Å². The number of hydrogen-bond donors (Lipinski definition) is 0. The number of rotatable bonds is 17. The fourth-order valence-electron chi connectivity index (χ4n) is 5.23. The SMILES string of the molecule is CCCCCCCCCCCCCCCCCCC1(C)CC[Si](C)(C)OC1(C)C. The molecular weight excluding hydrogens is 368 g/mol. The molecule has 0 amide bonds. The molecule has 2 heteroatoms. The molecule has 1 nitrogen and oxygen atoms in total. The van der Waals surface area contributed by atoms with Crippen LogP contribution in [-0.2, 0) is 4.43 Å². The van der Waals surface area contributed by atoms with Crippen molar-refractivity contribution in [2.45, 2.75) is 168 Å². The summed E-state index contributed by atoms with van der Waals surface area (Å²) in [6, 6.07) is 1.34. The molecule has 1 saturated heterocycles. The summed E-state index contributed by atoms with van der Waals surface area (Å²) in [6.45, 7) is 14.3. The molecule has 1 unspecified atom stereocenters. The minimum absolute atomic E-state index is 0.0660. The predicted molar refractivity (Wildman–Crippen MR) is 134 cm³/mol. The zero-order valence-corrected chi connectivity index (χ0v) is 22.3. The van der Waals surface area contributed by atoms with Gasteiger partial charge in [0.05, 0.1) is 5.60 Å². The second kappa shape index (κ2) is 14.3. The third-order valence-corrected chi connectivity index (χ3v) is 10.4. The van der Waals surface area contributed by atoms with Crippen molar-refractivity contribution in [1.82, 2.24) is 0 Å². The molecule has 0 spiro atoms. The van der Waals surface area contributed by atoms with Crippen molar-refractivity contribution in [1.29, 1.82) is 0 Å². The Morgan fingerprint density at radius 1 is 0.621 bits per heavy atom. The maximum atomic E-state index is 6.60. The first-order valence-electron chi connectivity index (χ1n) is 13.4. The molecule has 1 heterocycles. The van der Waals surface area contributed by atoms with Crippen LogP contribution in [-0.4, -0.2) is 13.9 Å². The Hall–Kier alpha value is 0.177. The van der Waals surface area contributed by atoms with Gasteiger partial charge in [-0.3, -0.25) is 0 Å².